The minimum Gasteiger partial charge on any atom is -0.495 e. The van der Waals surface area contributed by atoms with E-state index in [1.54, 1.807) is 19.1 Å². The van der Waals surface area contributed by atoms with Gasteiger partial charge in [-0.2, -0.15) is 0 Å². The van der Waals surface area contributed by atoms with Gasteiger partial charge in [-0.05, 0) is 19.1 Å². The quantitative estimate of drug-likeness (QED) is 0.878. The molecular formula is C13H15ClN2O4S. The first-order valence-corrected chi connectivity index (χ1v) is 7.89. The summed E-state index contributed by atoms with van der Waals surface area (Å²) in [5, 5.41) is 0.394. The van der Waals surface area contributed by atoms with Gasteiger partial charge < -0.3 is 14.9 Å². The second kappa shape index (κ2) is 5.97. The lowest BCUT2D eigenvalue weighted by Crippen LogP contribution is -2.13. The third kappa shape index (κ3) is 3.31. The topological polar surface area (TPSA) is 94.6 Å². The first kappa shape index (κ1) is 15.7. The molecule has 0 fully saturated rings. The summed E-state index contributed by atoms with van der Waals surface area (Å²) >= 11 is 5.90. The van der Waals surface area contributed by atoms with Gasteiger partial charge in [0.05, 0.1) is 24.4 Å². The van der Waals surface area contributed by atoms with E-state index in [-0.39, 0.29) is 17.2 Å². The van der Waals surface area contributed by atoms with Gasteiger partial charge in [-0.1, -0.05) is 11.6 Å². The molecule has 0 spiro atoms. The molecule has 1 aromatic carbocycles. The summed E-state index contributed by atoms with van der Waals surface area (Å²) in [5.74, 6) is 1.06. The van der Waals surface area contributed by atoms with E-state index in [4.69, 9.17) is 26.5 Å². The van der Waals surface area contributed by atoms with Crippen molar-refractivity contribution in [2.45, 2.75) is 18.4 Å². The number of anilines is 1. The Morgan fingerprint density at radius 3 is 2.67 bits per heavy atom. The standard InChI is InChI=1S/C13H15ClN2O4S/c1-8-13(6-10(7-15)20-8)21(17,18)16-9-3-4-11(14)12(5-9)19-2/h3-6,16H,7,15H2,1-2H3. The highest BCUT2D eigenvalue weighted by Crippen LogP contribution is 2.29. The van der Waals surface area contributed by atoms with Crippen LogP contribution in [0.3, 0.4) is 0 Å². The van der Waals surface area contributed by atoms with Crippen molar-refractivity contribution in [2.24, 2.45) is 5.73 Å². The molecule has 0 aliphatic carbocycles. The number of nitrogens with one attached hydrogen (secondary N) is 1. The second-order valence-corrected chi connectivity index (χ2v) is 6.35. The van der Waals surface area contributed by atoms with Crippen molar-refractivity contribution >= 4 is 27.3 Å². The highest BCUT2D eigenvalue weighted by Gasteiger charge is 2.21. The van der Waals surface area contributed by atoms with E-state index in [9.17, 15) is 8.42 Å². The number of benzene rings is 1. The lowest BCUT2D eigenvalue weighted by molar-refractivity contribution is 0.415. The lowest BCUT2D eigenvalue weighted by Gasteiger charge is -2.09. The fourth-order valence-corrected chi connectivity index (χ4v) is 3.27. The predicted octanol–water partition coefficient (Wildman–Crippen LogP) is 2.51. The van der Waals surface area contributed by atoms with Crippen LogP contribution in [-0.4, -0.2) is 15.5 Å². The SMILES string of the molecule is COc1cc(NS(=O)(=O)c2cc(CN)oc2C)ccc1Cl. The average molecular weight is 331 g/mol. The van der Waals surface area contributed by atoms with E-state index in [2.05, 4.69) is 4.72 Å². The maximum atomic E-state index is 12.4. The van der Waals surface area contributed by atoms with Crippen LogP contribution >= 0.6 is 11.6 Å². The second-order valence-electron chi connectivity index (χ2n) is 4.29. The highest BCUT2D eigenvalue weighted by atomic mass is 35.5. The van der Waals surface area contributed by atoms with Gasteiger partial charge in [-0.25, -0.2) is 8.42 Å². The van der Waals surface area contributed by atoms with Crippen LogP contribution in [0.5, 0.6) is 5.75 Å². The van der Waals surface area contributed by atoms with Crippen LogP contribution in [0, 0.1) is 6.92 Å². The molecule has 8 heteroatoms. The molecule has 0 saturated carbocycles. The molecule has 0 bridgehead atoms. The summed E-state index contributed by atoms with van der Waals surface area (Å²) < 4.78 is 37.5. The van der Waals surface area contributed by atoms with Crippen LogP contribution in [0.2, 0.25) is 5.02 Å². The Morgan fingerprint density at radius 2 is 2.10 bits per heavy atom. The number of aryl methyl sites for hydroxylation is 1. The number of ether oxygens (including phenoxy) is 1. The zero-order valence-corrected chi connectivity index (χ0v) is 13.1. The van der Waals surface area contributed by atoms with Crippen LogP contribution in [0.1, 0.15) is 11.5 Å². The molecule has 0 radical (unpaired) electrons. The predicted molar refractivity (Wildman–Crippen MR) is 80.1 cm³/mol. The van der Waals surface area contributed by atoms with E-state index in [0.717, 1.165) is 0 Å². The molecule has 0 aliphatic heterocycles. The Kier molecular flexibility index (Phi) is 4.46. The Morgan fingerprint density at radius 1 is 1.38 bits per heavy atom. The van der Waals surface area contributed by atoms with Gasteiger partial charge in [-0.15, -0.1) is 0 Å². The number of methoxy groups -OCH3 is 1. The molecule has 2 rings (SSSR count). The minimum absolute atomic E-state index is 0.0527. The number of rotatable bonds is 5. The Hall–Kier alpha value is -1.70. The van der Waals surface area contributed by atoms with Crippen molar-refractivity contribution in [2.75, 3.05) is 11.8 Å². The van der Waals surface area contributed by atoms with Gasteiger partial charge in [0.2, 0.25) is 0 Å². The summed E-state index contributed by atoms with van der Waals surface area (Å²) in [5.41, 5.74) is 5.78. The smallest absolute Gasteiger partial charge is 0.265 e. The number of sulfonamides is 1. The molecule has 0 aliphatic rings. The molecule has 0 amide bonds. The first-order chi connectivity index (χ1) is 9.87. The summed E-state index contributed by atoms with van der Waals surface area (Å²) in [7, 11) is -2.32. The van der Waals surface area contributed by atoms with Gasteiger partial charge in [0.1, 0.15) is 22.2 Å². The van der Waals surface area contributed by atoms with E-state index >= 15 is 0 Å². The largest absolute Gasteiger partial charge is 0.495 e. The van der Waals surface area contributed by atoms with Crippen molar-refractivity contribution in [3.8, 4) is 5.75 Å². The monoisotopic (exact) mass is 330 g/mol. The number of halogens is 1. The molecule has 1 aromatic heterocycles. The van der Waals surface area contributed by atoms with Crippen LogP contribution in [0.15, 0.2) is 33.6 Å². The van der Waals surface area contributed by atoms with Gasteiger partial charge in [0.25, 0.3) is 10.0 Å². The van der Waals surface area contributed by atoms with Crippen molar-refractivity contribution in [3.63, 3.8) is 0 Å². The van der Waals surface area contributed by atoms with Crippen molar-refractivity contribution in [3.05, 3.63) is 40.8 Å². The van der Waals surface area contributed by atoms with Crippen molar-refractivity contribution < 1.29 is 17.6 Å². The number of hydrogen-bond acceptors (Lipinski definition) is 5. The summed E-state index contributed by atoms with van der Waals surface area (Å²) in [6.07, 6.45) is 0. The minimum atomic E-state index is -3.77. The molecule has 1 heterocycles. The Balaban J connectivity index is 2.35. The average Bonchev–Trinajstić information content (AvgIpc) is 2.83. The zero-order valence-electron chi connectivity index (χ0n) is 11.5. The molecule has 3 N–H and O–H groups in total. The van der Waals surface area contributed by atoms with E-state index in [1.165, 1.54) is 19.2 Å². The maximum Gasteiger partial charge on any atom is 0.265 e. The molecule has 114 valence electrons. The number of furan rings is 1. The Labute approximate surface area is 127 Å². The van der Waals surface area contributed by atoms with E-state index in [1.807, 2.05) is 0 Å². The molecule has 6 nitrogen and oxygen atoms in total. The van der Waals surface area contributed by atoms with Gasteiger partial charge in [-0.3, -0.25) is 4.72 Å². The van der Waals surface area contributed by atoms with Crippen LogP contribution in [0.25, 0.3) is 0 Å². The molecule has 21 heavy (non-hydrogen) atoms. The zero-order chi connectivity index (χ0) is 15.6. The number of hydrogen-bond donors (Lipinski definition) is 2. The first-order valence-electron chi connectivity index (χ1n) is 6.03. The number of nitrogens with two attached hydrogens (primary N) is 1. The van der Waals surface area contributed by atoms with Crippen molar-refractivity contribution in [1.82, 2.24) is 0 Å². The van der Waals surface area contributed by atoms with E-state index < -0.39 is 10.0 Å². The normalized spacial score (nSPS) is 11.4. The molecule has 2 aromatic rings. The Bertz CT molecular complexity index is 756. The van der Waals surface area contributed by atoms with Gasteiger partial charge >= 0.3 is 0 Å². The lowest BCUT2D eigenvalue weighted by atomic mass is 10.3. The van der Waals surface area contributed by atoms with Crippen LogP contribution in [0.4, 0.5) is 5.69 Å². The fourth-order valence-electron chi connectivity index (χ4n) is 1.83. The summed E-state index contributed by atoms with van der Waals surface area (Å²) in [6, 6.07) is 6.00. The molecule has 0 atom stereocenters. The third-order valence-electron chi connectivity index (χ3n) is 2.82. The van der Waals surface area contributed by atoms with E-state index in [0.29, 0.717) is 22.2 Å². The van der Waals surface area contributed by atoms with Gasteiger partial charge in [0, 0.05) is 12.1 Å². The fraction of sp³-hybridized carbons (Fsp3) is 0.231. The van der Waals surface area contributed by atoms with Crippen LogP contribution < -0.4 is 15.2 Å². The molecular weight excluding hydrogens is 316 g/mol. The molecule has 0 saturated heterocycles. The summed E-state index contributed by atoms with van der Waals surface area (Å²) in [4.78, 5) is 0.0527. The van der Waals surface area contributed by atoms with Crippen LogP contribution in [-0.2, 0) is 16.6 Å². The highest BCUT2D eigenvalue weighted by molar-refractivity contribution is 7.92. The summed E-state index contributed by atoms with van der Waals surface area (Å²) in [6.45, 7) is 1.70. The molecule has 0 unspecified atom stereocenters. The maximum absolute atomic E-state index is 12.4. The third-order valence-corrected chi connectivity index (χ3v) is 4.62. The van der Waals surface area contributed by atoms with Crippen molar-refractivity contribution in [1.29, 1.82) is 0 Å². The van der Waals surface area contributed by atoms with Gasteiger partial charge in [0.15, 0.2) is 0 Å².